The predicted molar refractivity (Wildman–Crippen MR) is 165 cm³/mol. The van der Waals surface area contributed by atoms with Crippen LogP contribution in [0.3, 0.4) is 0 Å². The fourth-order valence-corrected chi connectivity index (χ4v) is 5.60. The second-order valence-electron chi connectivity index (χ2n) is 13.4. The van der Waals surface area contributed by atoms with Gasteiger partial charge in [0.1, 0.15) is 6.10 Å². The van der Waals surface area contributed by atoms with Gasteiger partial charge in [0.2, 0.25) is 0 Å². The van der Waals surface area contributed by atoms with Crippen molar-refractivity contribution in [1.29, 1.82) is 0 Å². The first-order chi connectivity index (χ1) is 18.7. The second-order valence-corrected chi connectivity index (χ2v) is 13.4. The molecular weight excluding hydrogens is 484 g/mol. The third-order valence-corrected chi connectivity index (χ3v) is 9.18. The molecule has 1 saturated carbocycles. The SMILES string of the molecule is CCCCCCCCCCCCCCCCCCOC(=O)C(C)(CC)CCC(C)(C)C(=O)OC1CCCCC1. The summed E-state index contributed by atoms with van der Waals surface area (Å²) in [5.41, 5.74) is -1.13. The minimum atomic E-state index is -0.581. The van der Waals surface area contributed by atoms with Crippen molar-refractivity contribution < 1.29 is 19.1 Å². The molecule has 0 bridgehead atoms. The number of esters is 2. The third-order valence-electron chi connectivity index (χ3n) is 9.18. The number of hydrogen-bond acceptors (Lipinski definition) is 4. The van der Waals surface area contributed by atoms with Gasteiger partial charge in [-0.2, -0.15) is 0 Å². The highest BCUT2D eigenvalue weighted by Gasteiger charge is 2.38. The van der Waals surface area contributed by atoms with Crippen LogP contribution in [-0.2, 0) is 19.1 Å². The van der Waals surface area contributed by atoms with Crippen LogP contribution in [-0.4, -0.2) is 24.6 Å². The van der Waals surface area contributed by atoms with Crippen molar-refractivity contribution in [2.45, 2.75) is 195 Å². The lowest BCUT2D eigenvalue weighted by Gasteiger charge is -2.32. The molecule has 230 valence electrons. The summed E-state index contributed by atoms with van der Waals surface area (Å²) in [5, 5.41) is 0. The lowest BCUT2D eigenvalue weighted by Crippen LogP contribution is -2.35. The Kier molecular flexibility index (Phi) is 20.0. The van der Waals surface area contributed by atoms with E-state index in [1.165, 1.54) is 96.3 Å². The largest absolute Gasteiger partial charge is 0.465 e. The van der Waals surface area contributed by atoms with Gasteiger partial charge in [-0.15, -0.1) is 0 Å². The quantitative estimate of drug-likeness (QED) is 0.0885. The first-order valence-electron chi connectivity index (χ1n) is 17.1. The van der Waals surface area contributed by atoms with E-state index in [1.807, 2.05) is 27.7 Å². The van der Waals surface area contributed by atoms with Crippen molar-refractivity contribution in [1.82, 2.24) is 0 Å². The average molecular weight is 551 g/mol. The van der Waals surface area contributed by atoms with Gasteiger partial charge in [-0.25, -0.2) is 0 Å². The van der Waals surface area contributed by atoms with Gasteiger partial charge < -0.3 is 9.47 Å². The van der Waals surface area contributed by atoms with Crippen LogP contribution in [0.5, 0.6) is 0 Å². The lowest BCUT2D eigenvalue weighted by atomic mass is 9.76. The number of ether oxygens (including phenoxy) is 2. The van der Waals surface area contributed by atoms with Gasteiger partial charge in [0.05, 0.1) is 17.4 Å². The summed E-state index contributed by atoms with van der Waals surface area (Å²) in [6, 6.07) is 0. The van der Waals surface area contributed by atoms with Gasteiger partial charge >= 0.3 is 11.9 Å². The van der Waals surface area contributed by atoms with Crippen LogP contribution >= 0.6 is 0 Å². The van der Waals surface area contributed by atoms with Crippen LogP contribution in [0.4, 0.5) is 0 Å². The summed E-state index contributed by atoms with van der Waals surface area (Å²) in [7, 11) is 0. The summed E-state index contributed by atoms with van der Waals surface area (Å²) < 4.78 is 11.5. The number of carbonyl (C=O) groups excluding carboxylic acids is 2. The van der Waals surface area contributed by atoms with E-state index >= 15 is 0 Å². The first-order valence-corrected chi connectivity index (χ1v) is 17.1. The molecule has 1 aliphatic rings. The Morgan fingerprint density at radius 1 is 0.615 bits per heavy atom. The molecule has 39 heavy (non-hydrogen) atoms. The molecule has 1 atom stereocenters. The van der Waals surface area contributed by atoms with Crippen molar-refractivity contribution in [3.63, 3.8) is 0 Å². The van der Waals surface area contributed by atoms with E-state index in [0.29, 0.717) is 19.4 Å². The fraction of sp³-hybridized carbons (Fsp3) is 0.943. The van der Waals surface area contributed by atoms with Crippen LogP contribution < -0.4 is 0 Å². The lowest BCUT2D eigenvalue weighted by molar-refractivity contribution is -0.164. The van der Waals surface area contributed by atoms with E-state index in [-0.39, 0.29) is 18.0 Å². The predicted octanol–water partition coefficient (Wildman–Crippen LogP) is 10.9. The zero-order valence-electron chi connectivity index (χ0n) is 26.9. The summed E-state index contributed by atoms with van der Waals surface area (Å²) in [6.07, 6.45) is 29.0. The van der Waals surface area contributed by atoms with Crippen molar-refractivity contribution >= 4 is 11.9 Å². The van der Waals surface area contributed by atoms with Crippen LogP contribution in [0.1, 0.15) is 189 Å². The molecule has 0 aromatic carbocycles. The van der Waals surface area contributed by atoms with Gasteiger partial charge in [-0.05, 0) is 72.1 Å². The summed E-state index contributed by atoms with van der Waals surface area (Å²) >= 11 is 0. The molecule has 0 aromatic rings. The van der Waals surface area contributed by atoms with Gasteiger partial charge in [0.15, 0.2) is 0 Å². The Balaban J connectivity index is 2.08. The minimum absolute atomic E-state index is 0.0766. The van der Waals surface area contributed by atoms with Crippen molar-refractivity contribution in [2.24, 2.45) is 10.8 Å². The van der Waals surface area contributed by atoms with Crippen LogP contribution in [0, 0.1) is 10.8 Å². The van der Waals surface area contributed by atoms with Crippen LogP contribution in [0.2, 0.25) is 0 Å². The maximum atomic E-state index is 12.9. The van der Waals surface area contributed by atoms with Gasteiger partial charge in [0.25, 0.3) is 0 Å². The molecular formula is C35H66O4. The van der Waals surface area contributed by atoms with E-state index in [1.54, 1.807) is 0 Å². The molecule has 0 N–H and O–H groups in total. The maximum absolute atomic E-state index is 12.9. The Labute approximate surface area is 243 Å². The molecule has 0 saturated heterocycles. The Morgan fingerprint density at radius 3 is 1.54 bits per heavy atom. The fourth-order valence-electron chi connectivity index (χ4n) is 5.60. The molecule has 4 nitrogen and oxygen atoms in total. The number of rotatable bonds is 24. The molecule has 0 spiro atoms. The van der Waals surface area contributed by atoms with Gasteiger partial charge in [-0.3, -0.25) is 9.59 Å². The van der Waals surface area contributed by atoms with E-state index < -0.39 is 10.8 Å². The minimum Gasteiger partial charge on any atom is -0.465 e. The average Bonchev–Trinajstić information content (AvgIpc) is 2.93. The Bertz CT molecular complexity index is 622. The van der Waals surface area contributed by atoms with Crippen LogP contribution in [0.25, 0.3) is 0 Å². The Morgan fingerprint density at radius 2 is 1.08 bits per heavy atom. The molecule has 0 aliphatic heterocycles. The normalized spacial score (nSPS) is 16.1. The zero-order valence-corrected chi connectivity index (χ0v) is 26.9. The highest BCUT2D eigenvalue weighted by atomic mass is 16.5. The van der Waals surface area contributed by atoms with E-state index in [0.717, 1.165) is 44.9 Å². The molecule has 1 aliphatic carbocycles. The molecule has 0 radical (unpaired) electrons. The molecule has 4 heteroatoms. The van der Waals surface area contributed by atoms with E-state index in [4.69, 9.17) is 9.47 Å². The summed E-state index contributed by atoms with van der Waals surface area (Å²) in [6.45, 7) is 10.7. The zero-order chi connectivity index (χ0) is 28.8. The number of carbonyl (C=O) groups is 2. The van der Waals surface area contributed by atoms with Crippen molar-refractivity contribution in [2.75, 3.05) is 6.61 Å². The Hall–Kier alpha value is -1.06. The van der Waals surface area contributed by atoms with Crippen molar-refractivity contribution in [3.05, 3.63) is 0 Å². The molecule has 1 rings (SSSR count). The number of hydrogen-bond donors (Lipinski definition) is 0. The molecule has 0 heterocycles. The highest BCUT2D eigenvalue weighted by molar-refractivity contribution is 5.78. The van der Waals surface area contributed by atoms with Gasteiger partial charge in [0, 0.05) is 0 Å². The van der Waals surface area contributed by atoms with Crippen molar-refractivity contribution in [3.8, 4) is 0 Å². The second kappa shape index (κ2) is 21.7. The molecule has 1 fully saturated rings. The third kappa shape index (κ3) is 16.7. The van der Waals surface area contributed by atoms with Crippen LogP contribution in [0.15, 0.2) is 0 Å². The topological polar surface area (TPSA) is 52.6 Å². The summed E-state index contributed by atoms with van der Waals surface area (Å²) in [5.74, 6) is -0.225. The van der Waals surface area contributed by atoms with Gasteiger partial charge in [-0.1, -0.05) is 117 Å². The van der Waals surface area contributed by atoms with E-state index in [2.05, 4.69) is 6.92 Å². The summed E-state index contributed by atoms with van der Waals surface area (Å²) in [4.78, 5) is 25.7. The maximum Gasteiger partial charge on any atom is 0.311 e. The van der Waals surface area contributed by atoms with E-state index in [9.17, 15) is 9.59 Å². The molecule has 1 unspecified atom stereocenters. The monoisotopic (exact) mass is 550 g/mol. The first kappa shape index (κ1) is 36.0. The smallest absolute Gasteiger partial charge is 0.311 e. The highest BCUT2D eigenvalue weighted by Crippen LogP contribution is 2.36. The number of unbranched alkanes of at least 4 members (excludes halogenated alkanes) is 15. The molecule has 0 amide bonds. The molecule has 0 aromatic heterocycles. The standard InChI is InChI=1S/C35H66O4/c1-6-8-9-10-11-12-13-14-15-16-17-18-19-20-21-25-30-38-33(37)35(5,7-2)29-28-34(3,4)32(36)39-31-26-23-22-24-27-31/h31H,6-30H2,1-5H3.